The molecule has 1 unspecified atom stereocenters. The van der Waals surface area contributed by atoms with Crippen LogP contribution in [0.25, 0.3) is 11.1 Å². The van der Waals surface area contributed by atoms with E-state index in [0.717, 1.165) is 4.48 Å². The molecule has 1 nitrogen and oxygen atoms in total. The molecule has 0 saturated carbocycles. The highest BCUT2D eigenvalue weighted by Gasteiger charge is 2.28. The molecular formula is C21H24N+. The van der Waals surface area contributed by atoms with Gasteiger partial charge in [-0.1, -0.05) is 48.0 Å². The monoisotopic (exact) mass is 290 g/mol. The number of quaternary nitrogens is 1. The van der Waals surface area contributed by atoms with Crippen LogP contribution >= 0.6 is 0 Å². The van der Waals surface area contributed by atoms with Crippen LogP contribution in [0, 0.1) is 13.8 Å². The Morgan fingerprint density at radius 2 is 1.50 bits per heavy atom. The summed E-state index contributed by atoms with van der Waals surface area (Å²) < 4.78 is 0.856. The number of likely N-dealkylation sites (N-methyl/N-ethyl adjacent to an activating group) is 1. The molecule has 0 N–H and O–H groups in total. The fraction of sp³-hybridized carbons (Fsp3) is 0.238. The van der Waals surface area contributed by atoms with Gasteiger partial charge in [0.05, 0.1) is 20.3 Å². The van der Waals surface area contributed by atoms with E-state index in [1.165, 1.54) is 27.8 Å². The highest BCUT2D eigenvalue weighted by atomic mass is 15.3. The van der Waals surface area contributed by atoms with E-state index in [2.05, 4.69) is 94.8 Å². The molecule has 22 heavy (non-hydrogen) atoms. The van der Waals surface area contributed by atoms with Crippen LogP contribution in [0.2, 0.25) is 0 Å². The Kier molecular flexibility index (Phi) is 3.76. The van der Waals surface area contributed by atoms with E-state index in [-0.39, 0.29) is 0 Å². The minimum Gasteiger partial charge on any atom is -0.293 e. The highest BCUT2D eigenvalue weighted by Crippen LogP contribution is 2.34. The zero-order chi connectivity index (χ0) is 15.7. The smallest absolute Gasteiger partial charge is 0.138 e. The van der Waals surface area contributed by atoms with Gasteiger partial charge in [0.2, 0.25) is 0 Å². The van der Waals surface area contributed by atoms with Crippen LogP contribution in [0.3, 0.4) is 0 Å². The van der Waals surface area contributed by atoms with E-state index in [9.17, 15) is 0 Å². The fourth-order valence-electron chi connectivity index (χ4n) is 3.10. The largest absolute Gasteiger partial charge is 0.293 e. The lowest BCUT2D eigenvalue weighted by Gasteiger charge is -2.35. The predicted octanol–water partition coefficient (Wildman–Crippen LogP) is 5.17. The van der Waals surface area contributed by atoms with Gasteiger partial charge in [0.15, 0.2) is 0 Å². The second kappa shape index (κ2) is 5.58. The minimum absolute atomic E-state index is 0.371. The van der Waals surface area contributed by atoms with Crippen molar-refractivity contribution < 1.29 is 4.48 Å². The molecular weight excluding hydrogens is 266 g/mol. The third-order valence-electron chi connectivity index (χ3n) is 4.57. The third kappa shape index (κ3) is 2.77. The Balaban J connectivity index is 2.06. The second-order valence-electron chi connectivity index (χ2n) is 6.74. The maximum atomic E-state index is 2.36. The van der Waals surface area contributed by atoms with Gasteiger partial charge in [-0.15, -0.1) is 0 Å². The summed E-state index contributed by atoms with van der Waals surface area (Å²) >= 11 is 0. The van der Waals surface area contributed by atoms with Gasteiger partial charge in [0.1, 0.15) is 6.04 Å². The van der Waals surface area contributed by atoms with Crippen LogP contribution in [0.4, 0.5) is 0 Å². The van der Waals surface area contributed by atoms with Gasteiger partial charge >= 0.3 is 0 Å². The molecule has 3 rings (SSSR count). The quantitative estimate of drug-likeness (QED) is 0.669. The Morgan fingerprint density at radius 1 is 0.818 bits per heavy atom. The van der Waals surface area contributed by atoms with Crippen molar-refractivity contribution >= 4 is 0 Å². The zero-order valence-electron chi connectivity index (χ0n) is 13.9. The maximum Gasteiger partial charge on any atom is 0.138 e. The van der Waals surface area contributed by atoms with Gasteiger partial charge in [-0.3, -0.25) is 4.48 Å². The van der Waals surface area contributed by atoms with Gasteiger partial charge in [0, 0.05) is 5.56 Å². The summed E-state index contributed by atoms with van der Waals surface area (Å²) in [5, 5.41) is 0. The van der Waals surface area contributed by atoms with E-state index < -0.39 is 0 Å². The van der Waals surface area contributed by atoms with E-state index in [1.54, 1.807) is 0 Å². The van der Waals surface area contributed by atoms with Crippen molar-refractivity contribution in [1.29, 1.82) is 0 Å². The topological polar surface area (TPSA) is 0 Å². The predicted molar refractivity (Wildman–Crippen MR) is 94.5 cm³/mol. The number of allylic oxidation sites excluding steroid dienone is 2. The average Bonchev–Trinajstić information content (AvgIpc) is 2.49. The highest BCUT2D eigenvalue weighted by molar-refractivity contribution is 5.65. The fourth-order valence-corrected chi connectivity index (χ4v) is 3.10. The first-order valence-corrected chi connectivity index (χ1v) is 7.84. The molecule has 1 atom stereocenters. The summed E-state index contributed by atoms with van der Waals surface area (Å²) in [6, 6.07) is 16.0. The van der Waals surface area contributed by atoms with Gasteiger partial charge < -0.3 is 0 Å². The lowest BCUT2D eigenvalue weighted by molar-refractivity contribution is -0.865. The SMILES string of the molecule is Cc1ccc(-c2ccc(C)c(C3C=CC=C[N+]3(C)C)c2)cc1. The molecule has 1 aliphatic heterocycles. The molecule has 1 aliphatic rings. The lowest BCUT2D eigenvalue weighted by Crippen LogP contribution is -2.38. The van der Waals surface area contributed by atoms with Gasteiger partial charge in [-0.05, 0) is 48.8 Å². The van der Waals surface area contributed by atoms with Crippen molar-refractivity contribution in [3.8, 4) is 11.1 Å². The molecule has 1 heteroatoms. The van der Waals surface area contributed by atoms with Crippen LogP contribution in [0.5, 0.6) is 0 Å². The molecule has 0 radical (unpaired) electrons. The van der Waals surface area contributed by atoms with E-state index in [1.807, 2.05) is 0 Å². The van der Waals surface area contributed by atoms with E-state index in [0.29, 0.717) is 6.04 Å². The summed E-state index contributed by atoms with van der Waals surface area (Å²) in [6.07, 6.45) is 8.85. The molecule has 2 aromatic rings. The number of hydrogen-bond acceptors (Lipinski definition) is 0. The lowest BCUT2D eigenvalue weighted by atomic mass is 9.93. The van der Waals surface area contributed by atoms with Crippen molar-refractivity contribution in [2.75, 3.05) is 14.1 Å². The van der Waals surface area contributed by atoms with Crippen molar-refractivity contribution in [2.45, 2.75) is 19.9 Å². The zero-order valence-corrected chi connectivity index (χ0v) is 13.9. The number of nitrogens with zero attached hydrogens (tertiary/aromatic N) is 1. The first-order chi connectivity index (χ1) is 10.5. The molecule has 2 aromatic carbocycles. The van der Waals surface area contributed by atoms with Crippen LogP contribution in [0.1, 0.15) is 22.7 Å². The van der Waals surface area contributed by atoms with Crippen LogP contribution < -0.4 is 0 Å². The molecule has 0 saturated heterocycles. The first-order valence-electron chi connectivity index (χ1n) is 7.84. The molecule has 1 heterocycles. The third-order valence-corrected chi connectivity index (χ3v) is 4.57. The maximum absolute atomic E-state index is 2.36. The Hall–Kier alpha value is -2.12. The van der Waals surface area contributed by atoms with Crippen LogP contribution in [-0.4, -0.2) is 18.6 Å². The summed E-state index contributed by atoms with van der Waals surface area (Å²) in [5.41, 5.74) is 6.64. The molecule has 0 fully saturated rings. The van der Waals surface area contributed by atoms with Gasteiger partial charge in [-0.25, -0.2) is 0 Å². The molecule has 0 aromatic heterocycles. The first kappa shape index (κ1) is 14.8. The molecule has 0 bridgehead atoms. The van der Waals surface area contributed by atoms with Crippen molar-refractivity contribution in [2.24, 2.45) is 0 Å². The number of rotatable bonds is 2. The standard InChI is InChI=1S/C21H24N/c1-16-8-11-18(12-9-16)19-13-10-17(2)20(15-19)21-7-5-6-14-22(21,3)4/h5-15,21H,1-4H3/q+1. The summed E-state index contributed by atoms with van der Waals surface area (Å²) in [6.45, 7) is 4.34. The summed E-state index contributed by atoms with van der Waals surface area (Å²) in [4.78, 5) is 0. The van der Waals surface area contributed by atoms with Crippen molar-refractivity contribution in [3.05, 3.63) is 83.6 Å². The average molecular weight is 290 g/mol. The molecule has 0 aliphatic carbocycles. The van der Waals surface area contributed by atoms with Crippen molar-refractivity contribution in [1.82, 2.24) is 0 Å². The molecule has 112 valence electrons. The van der Waals surface area contributed by atoms with Gasteiger partial charge in [0.25, 0.3) is 0 Å². The van der Waals surface area contributed by atoms with Crippen LogP contribution in [-0.2, 0) is 0 Å². The Labute approximate surface area is 133 Å². The summed E-state index contributed by atoms with van der Waals surface area (Å²) in [5.74, 6) is 0. The van der Waals surface area contributed by atoms with Crippen LogP contribution in [0.15, 0.2) is 66.9 Å². The van der Waals surface area contributed by atoms with Gasteiger partial charge in [-0.2, -0.15) is 0 Å². The number of benzene rings is 2. The molecule has 0 spiro atoms. The summed E-state index contributed by atoms with van der Waals surface area (Å²) in [7, 11) is 4.51. The normalized spacial score (nSPS) is 19.4. The second-order valence-corrected chi connectivity index (χ2v) is 6.74. The number of aryl methyl sites for hydroxylation is 2. The minimum atomic E-state index is 0.371. The van der Waals surface area contributed by atoms with Crippen molar-refractivity contribution in [3.63, 3.8) is 0 Å². The number of hydrogen-bond donors (Lipinski definition) is 0. The van der Waals surface area contributed by atoms with E-state index >= 15 is 0 Å². The Morgan fingerprint density at radius 3 is 2.18 bits per heavy atom. The molecule has 0 amide bonds. The Bertz CT molecular complexity index is 733. The van der Waals surface area contributed by atoms with E-state index in [4.69, 9.17) is 0 Å².